The van der Waals surface area contributed by atoms with Crippen LogP contribution in [-0.4, -0.2) is 23.9 Å². The lowest BCUT2D eigenvalue weighted by molar-refractivity contribution is -0.115. The summed E-state index contributed by atoms with van der Waals surface area (Å²) < 4.78 is 5.12. The molecule has 0 aromatic heterocycles. The lowest BCUT2D eigenvalue weighted by Crippen LogP contribution is -2.17. The van der Waals surface area contributed by atoms with Crippen LogP contribution in [0.3, 0.4) is 0 Å². The molecule has 1 amide bonds. The summed E-state index contributed by atoms with van der Waals surface area (Å²) >= 11 is 0. The highest BCUT2D eigenvalue weighted by Gasteiger charge is 2.13. The number of phenolic OH excluding ortho intramolecular Hbond substituents is 1. The zero-order valence-corrected chi connectivity index (χ0v) is 11.5. The molecule has 2 aromatic rings. The lowest BCUT2D eigenvalue weighted by Gasteiger charge is -2.09. The molecular weight excluding hydrogens is 270 g/mol. The van der Waals surface area contributed by atoms with Gasteiger partial charge in [0, 0.05) is 5.56 Å². The van der Waals surface area contributed by atoms with Gasteiger partial charge in [-0.3, -0.25) is 9.59 Å². The molecule has 2 N–H and O–H groups in total. The normalized spacial score (nSPS) is 9.95. The number of nitrogens with one attached hydrogen (secondary N) is 1. The fraction of sp³-hybridized carbons (Fsp3) is 0.125. The molecule has 0 bridgehead atoms. The van der Waals surface area contributed by atoms with E-state index in [1.807, 2.05) is 0 Å². The van der Waals surface area contributed by atoms with Crippen molar-refractivity contribution in [2.45, 2.75) is 6.42 Å². The Morgan fingerprint density at radius 3 is 2.62 bits per heavy atom. The second-order valence-electron chi connectivity index (χ2n) is 4.40. The highest BCUT2D eigenvalue weighted by Crippen LogP contribution is 2.23. The third-order valence-corrected chi connectivity index (χ3v) is 2.87. The van der Waals surface area contributed by atoms with Gasteiger partial charge in [-0.05, 0) is 24.3 Å². The van der Waals surface area contributed by atoms with Crippen molar-refractivity contribution in [2.24, 2.45) is 0 Å². The summed E-state index contributed by atoms with van der Waals surface area (Å²) in [4.78, 5) is 23.8. The first-order valence-corrected chi connectivity index (χ1v) is 6.35. The number of hydrogen-bond donors (Lipinski definition) is 2. The number of aromatic hydroxyl groups is 1. The number of anilines is 1. The van der Waals surface area contributed by atoms with Crippen molar-refractivity contribution in [3.63, 3.8) is 0 Å². The fourth-order valence-electron chi connectivity index (χ4n) is 1.87. The summed E-state index contributed by atoms with van der Waals surface area (Å²) in [5.74, 6) is -0.284. The fourth-order valence-corrected chi connectivity index (χ4v) is 1.87. The van der Waals surface area contributed by atoms with Crippen molar-refractivity contribution in [1.82, 2.24) is 0 Å². The van der Waals surface area contributed by atoms with Crippen LogP contribution in [0.15, 0.2) is 48.5 Å². The predicted octanol–water partition coefficient (Wildman–Crippen LogP) is 2.61. The van der Waals surface area contributed by atoms with Gasteiger partial charge in [-0.15, -0.1) is 0 Å². The molecule has 0 aliphatic rings. The molecule has 0 aliphatic carbocycles. The van der Waals surface area contributed by atoms with E-state index in [0.717, 1.165) is 0 Å². The van der Waals surface area contributed by atoms with Crippen LogP contribution in [0, 0.1) is 0 Å². The van der Waals surface area contributed by atoms with E-state index in [0.29, 0.717) is 17.0 Å². The first kappa shape index (κ1) is 14.6. The Bertz CT molecular complexity index is 667. The maximum absolute atomic E-state index is 11.9. The van der Waals surface area contributed by atoms with Crippen molar-refractivity contribution in [2.75, 3.05) is 12.4 Å². The van der Waals surface area contributed by atoms with Crippen molar-refractivity contribution >= 4 is 17.4 Å². The Morgan fingerprint density at radius 2 is 1.90 bits per heavy atom. The number of phenols is 1. The average molecular weight is 285 g/mol. The van der Waals surface area contributed by atoms with Gasteiger partial charge in [0.25, 0.3) is 0 Å². The summed E-state index contributed by atoms with van der Waals surface area (Å²) in [5, 5.41) is 12.0. The zero-order valence-electron chi connectivity index (χ0n) is 11.5. The summed E-state index contributed by atoms with van der Waals surface area (Å²) in [7, 11) is 1.50. The number of hydrogen-bond acceptors (Lipinski definition) is 4. The summed E-state index contributed by atoms with van der Waals surface area (Å²) in [5.41, 5.74) is 0.805. The van der Waals surface area contributed by atoms with Crippen LogP contribution in [0.4, 0.5) is 5.69 Å². The van der Waals surface area contributed by atoms with Crippen LogP contribution >= 0.6 is 0 Å². The predicted molar refractivity (Wildman–Crippen MR) is 78.7 cm³/mol. The van der Waals surface area contributed by atoms with Gasteiger partial charge in [0.2, 0.25) is 5.91 Å². The van der Waals surface area contributed by atoms with Gasteiger partial charge < -0.3 is 15.2 Å². The molecule has 0 fully saturated rings. The third kappa shape index (κ3) is 3.82. The van der Waals surface area contributed by atoms with E-state index in [1.54, 1.807) is 36.4 Å². The van der Waals surface area contributed by atoms with Gasteiger partial charge in [0.05, 0.1) is 19.2 Å². The Morgan fingerprint density at radius 1 is 1.14 bits per heavy atom. The first-order chi connectivity index (χ1) is 10.1. The molecule has 2 aromatic carbocycles. The van der Waals surface area contributed by atoms with E-state index in [2.05, 4.69) is 5.32 Å². The molecule has 5 nitrogen and oxygen atoms in total. The summed E-state index contributed by atoms with van der Waals surface area (Å²) in [6.07, 6.45) is -0.304. The number of benzene rings is 2. The number of amides is 1. The van der Waals surface area contributed by atoms with Gasteiger partial charge in [-0.2, -0.15) is 0 Å². The second kappa shape index (κ2) is 6.56. The molecule has 2 rings (SSSR count). The summed E-state index contributed by atoms with van der Waals surface area (Å²) in [6.45, 7) is 0. The Hall–Kier alpha value is -2.82. The quantitative estimate of drug-likeness (QED) is 0.654. The van der Waals surface area contributed by atoms with E-state index < -0.39 is 5.91 Å². The number of ketones is 1. The molecule has 21 heavy (non-hydrogen) atoms. The van der Waals surface area contributed by atoms with Crippen LogP contribution in [-0.2, 0) is 4.79 Å². The Labute approximate surface area is 122 Å². The number of ether oxygens (including phenoxy) is 1. The first-order valence-electron chi connectivity index (χ1n) is 6.35. The highest BCUT2D eigenvalue weighted by molar-refractivity contribution is 6.11. The standard InChI is InChI=1S/C16H15NO4/c1-21-15-8-3-2-7-13(15)17-16(20)10-14(19)11-5-4-6-12(18)9-11/h2-9,18H,10H2,1H3,(H,17,20). The Kier molecular flexibility index (Phi) is 4.56. The lowest BCUT2D eigenvalue weighted by atomic mass is 10.1. The van der Waals surface area contributed by atoms with E-state index in [4.69, 9.17) is 4.74 Å². The molecule has 0 atom stereocenters. The number of rotatable bonds is 5. The largest absolute Gasteiger partial charge is 0.508 e. The molecule has 5 heteroatoms. The average Bonchev–Trinajstić information content (AvgIpc) is 2.47. The van der Waals surface area contributed by atoms with Gasteiger partial charge in [0.15, 0.2) is 5.78 Å². The van der Waals surface area contributed by atoms with Crippen LogP contribution in [0.1, 0.15) is 16.8 Å². The number of para-hydroxylation sites is 2. The minimum atomic E-state index is -0.437. The monoisotopic (exact) mass is 285 g/mol. The molecule has 108 valence electrons. The van der Waals surface area contributed by atoms with Crippen LogP contribution < -0.4 is 10.1 Å². The number of carbonyl (C=O) groups excluding carboxylic acids is 2. The summed E-state index contributed by atoms with van der Waals surface area (Å²) in [6, 6.07) is 12.9. The smallest absolute Gasteiger partial charge is 0.232 e. The van der Waals surface area contributed by atoms with Gasteiger partial charge in [0.1, 0.15) is 11.5 Å². The van der Waals surface area contributed by atoms with Crippen molar-refractivity contribution in [1.29, 1.82) is 0 Å². The van der Waals surface area contributed by atoms with Crippen molar-refractivity contribution < 1.29 is 19.4 Å². The SMILES string of the molecule is COc1ccccc1NC(=O)CC(=O)c1cccc(O)c1. The highest BCUT2D eigenvalue weighted by atomic mass is 16.5. The third-order valence-electron chi connectivity index (χ3n) is 2.87. The molecule has 0 unspecified atom stereocenters. The maximum Gasteiger partial charge on any atom is 0.232 e. The Balaban J connectivity index is 2.03. The van der Waals surface area contributed by atoms with Crippen molar-refractivity contribution in [3.8, 4) is 11.5 Å². The van der Waals surface area contributed by atoms with Gasteiger partial charge in [-0.25, -0.2) is 0 Å². The molecule has 0 heterocycles. The van der Waals surface area contributed by atoms with E-state index in [1.165, 1.54) is 19.2 Å². The topological polar surface area (TPSA) is 75.6 Å². The molecule has 0 radical (unpaired) electrons. The van der Waals surface area contributed by atoms with Crippen molar-refractivity contribution in [3.05, 3.63) is 54.1 Å². The number of Topliss-reactive ketones (excluding diaryl/α,β-unsaturated/α-hetero) is 1. The van der Waals surface area contributed by atoms with E-state index >= 15 is 0 Å². The van der Waals surface area contributed by atoms with E-state index in [9.17, 15) is 14.7 Å². The van der Waals surface area contributed by atoms with Gasteiger partial charge in [-0.1, -0.05) is 24.3 Å². The molecule has 0 spiro atoms. The molecule has 0 aliphatic heterocycles. The number of methoxy groups -OCH3 is 1. The molecular formula is C16H15NO4. The van der Waals surface area contributed by atoms with Gasteiger partial charge >= 0.3 is 0 Å². The minimum absolute atomic E-state index is 0.00835. The maximum atomic E-state index is 11.9. The zero-order chi connectivity index (χ0) is 15.2. The molecule has 0 saturated heterocycles. The van der Waals surface area contributed by atoms with E-state index in [-0.39, 0.29) is 18.0 Å². The molecule has 0 saturated carbocycles. The number of carbonyl (C=O) groups is 2. The second-order valence-corrected chi connectivity index (χ2v) is 4.40. The van der Waals surface area contributed by atoms with Crippen LogP contribution in [0.2, 0.25) is 0 Å². The minimum Gasteiger partial charge on any atom is -0.508 e. The van der Waals surface area contributed by atoms with Crippen LogP contribution in [0.25, 0.3) is 0 Å². The van der Waals surface area contributed by atoms with Crippen LogP contribution in [0.5, 0.6) is 11.5 Å².